The molecule has 0 spiro atoms. The molecule has 0 aliphatic rings. The van der Waals surface area contributed by atoms with Crippen LogP contribution in [0.1, 0.15) is 64.7 Å². The molecule has 0 rings (SSSR count). The van der Waals surface area contributed by atoms with Crippen molar-refractivity contribution in [2.24, 2.45) is 0 Å². The monoisotopic (exact) mass is 303 g/mol. The van der Waals surface area contributed by atoms with E-state index in [2.05, 4.69) is 6.92 Å². The second-order valence-electron chi connectivity index (χ2n) is 4.64. The van der Waals surface area contributed by atoms with Crippen molar-refractivity contribution in [1.29, 1.82) is 0 Å². The molecule has 0 aliphatic carbocycles. The molecular formula is C13H28NaO4S. The fourth-order valence-corrected chi connectivity index (χ4v) is 2.69. The van der Waals surface area contributed by atoms with Gasteiger partial charge in [0.15, 0.2) is 0 Å². The van der Waals surface area contributed by atoms with E-state index in [-0.39, 0.29) is 54.9 Å². The van der Waals surface area contributed by atoms with Gasteiger partial charge in [0.25, 0.3) is 10.1 Å². The molecule has 0 bridgehead atoms. The molecule has 0 saturated heterocycles. The third kappa shape index (κ3) is 16.8. The summed E-state index contributed by atoms with van der Waals surface area (Å²) in [6, 6.07) is 0. The maximum atomic E-state index is 11.3. The van der Waals surface area contributed by atoms with Crippen LogP contribution < -0.4 is 0 Å². The molecule has 0 atom stereocenters. The van der Waals surface area contributed by atoms with E-state index in [1.165, 1.54) is 32.1 Å². The molecule has 0 saturated carbocycles. The van der Waals surface area contributed by atoms with Crippen molar-refractivity contribution >= 4 is 39.7 Å². The second kappa shape index (κ2) is 15.3. The molecule has 19 heavy (non-hydrogen) atoms. The number of rotatable bonds is 13. The summed E-state index contributed by atoms with van der Waals surface area (Å²) in [5.41, 5.74) is 0. The third-order valence-electron chi connectivity index (χ3n) is 2.81. The summed E-state index contributed by atoms with van der Waals surface area (Å²) < 4.78 is 27.4. The van der Waals surface area contributed by atoms with E-state index >= 15 is 0 Å². The number of unbranched alkanes of at least 4 members (excludes halogenated alkanes) is 7. The fraction of sp³-hybridized carbons (Fsp3) is 1.00. The fourth-order valence-electron chi connectivity index (χ4n) is 1.72. The minimum atomic E-state index is -3.41. The number of hydrogen-bond donors (Lipinski definition) is 1. The second-order valence-corrected chi connectivity index (χ2v) is 6.40. The minimum absolute atomic E-state index is 0. The topological polar surface area (TPSA) is 63.6 Å². The van der Waals surface area contributed by atoms with Crippen molar-refractivity contribution in [3.05, 3.63) is 0 Å². The number of hydrogen-bond acceptors (Lipinski definition) is 4. The van der Waals surface area contributed by atoms with Crippen LogP contribution in [-0.4, -0.2) is 62.0 Å². The van der Waals surface area contributed by atoms with E-state index < -0.39 is 10.1 Å². The first-order chi connectivity index (χ1) is 8.62. The van der Waals surface area contributed by atoms with Crippen LogP contribution in [0.4, 0.5) is 0 Å². The van der Waals surface area contributed by atoms with Crippen molar-refractivity contribution in [1.82, 2.24) is 0 Å². The van der Waals surface area contributed by atoms with Gasteiger partial charge in [-0.2, -0.15) is 8.42 Å². The first kappa shape index (κ1) is 22.2. The standard InChI is InChI=1S/C13H28O4S.Na/c1-2-3-4-5-6-7-8-9-12-17-18(15,16)13-10-11-14;/h14H,2-13H2,1H3;. The molecule has 0 amide bonds. The molecule has 111 valence electrons. The SMILES string of the molecule is CCCCCCCCCCOS(=O)(=O)CCCO.[Na]. The largest absolute Gasteiger partial charge is 0.396 e. The normalized spacial score (nSPS) is 11.3. The van der Waals surface area contributed by atoms with Gasteiger partial charge in [0.1, 0.15) is 0 Å². The summed E-state index contributed by atoms with van der Waals surface area (Å²) in [4.78, 5) is 0. The Morgan fingerprint density at radius 3 is 1.95 bits per heavy atom. The van der Waals surface area contributed by atoms with Gasteiger partial charge in [-0.05, 0) is 12.8 Å². The van der Waals surface area contributed by atoms with Crippen LogP contribution in [0.3, 0.4) is 0 Å². The van der Waals surface area contributed by atoms with Crippen molar-refractivity contribution < 1.29 is 17.7 Å². The molecule has 0 aromatic carbocycles. The molecular weight excluding hydrogens is 275 g/mol. The van der Waals surface area contributed by atoms with Gasteiger partial charge in [0, 0.05) is 36.2 Å². The summed E-state index contributed by atoms with van der Waals surface area (Å²) in [5, 5.41) is 8.54. The maximum Gasteiger partial charge on any atom is 0.267 e. The summed E-state index contributed by atoms with van der Waals surface area (Å²) in [6.07, 6.45) is 9.63. The quantitative estimate of drug-likeness (QED) is 0.322. The van der Waals surface area contributed by atoms with Crippen LogP contribution in [0.2, 0.25) is 0 Å². The van der Waals surface area contributed by atoms with Gasteiger partial charge in [0.2, 0.25) is 0 Å². The summed E-state index contributed by atoms with van der Waals surface area (Å²) >= 11 is 0. The van der Waals surface area contributed by atoms with E-state index in [0.29, 0.717) is 0 Å². The van der Waals surface area contributed by atoms with Crippen LogP contribution >= 0.6 is 0 Å². The molecule has 0 heterocycles. The molecule has 0 aromatic rings. The first-order valence-electron chi connectivity index (χ1n) is 7.10. The Morgan fingerprint density at radius 2 is 1.42 bits per heavy atom. The number of aliphatic hydroxyl groups is 1. The van der Waals surface area contributed by atoms with Gasteiger partial charge in [0.05, 0.1) is 12.4 Å². The maximum absolute atomic E-state index is 11.3. The Hall–Kier alpha value is 0.870. The predicted octanol–water partition coefficient (Wildman–Crippen LogP) is 2.48. The van der Waals surface area contributed by atoms with Crippen LogP contribution in [0, 0.1) is 0 Å². The van der Waals surface area contributed by atoms with Crippen LogP contribution in [0.15, 0.2) is 0 Å². The van der Waals surface area contributed by atoms with E-state index in [9.17, 15) is 8.42 Å². The molecule has 0 unspecified atom stereocenters. The average molecular weight is 303 g/mol. The Kier molecular flexibility index (Phi) is 17.8. The molecule has 0 aromatic heterocycles. The van der Waals surface area contributed by atoms with Crippen molar-refractivity contribution in [2.45, 2.75) is 64.7 Å². The van der Waals surface area contributed by atoms with Gasteiger partial charge < -0.3 is 5.11 Å². The zero-order valence-corrected chi connectivity index (χ0v) is 15.4. The molecule has 4 nitrogen and oxygen atoms in total. The van der Waals surface area contributed by atoms with Gasteiger partial charge in [-0.3, -0.25) is 4.18 Å². The average Bonchev–Trinajstić information content (AvgIpc) is 2.34. The summed E-state index contributed by atoms with van der Waals surface area (Å²) in [6.45, 7) is 2.37. The zero-order chi connectivity index (χ0) is 13.7. The van der Waals surface area contributed by atoms with Crippen LogP contribution in [-0.2, 0) is 14.3 Å². The minimum Gasteiger partial charge on any atom is -0.396 e. The molecule has 1 radical (unpaired) electrons. The van der Waals surface area contributed by atoms with Crippen molar-refractivity contribution in [3.63, 3.8) is 0 Å². The Labute approximate surface area is 140 Å². The van der Waals surface area contributed by atoms with Crippen LogP contribution in [0.5, 0.6) is 0 Å². The smallest absolute Gasteiger partial charge is 0.267 e. The van der Waals surface area contributed by atoms with Gasteiger partial charge >= 0.3 is 0 Å². The first-order valence-corrected chi connectivity index (χ1v) is 8.68. The van der Waals surface area contributed by atoms with Crippen molar-refractivity contribution in [3.8, 4) is 0 Å². The number of aliphatic hydroxyl groups excluding tert-OH is 1. The van der Waals surface area contributed by atoms with E-state index in [4.69, 9.17) is 9.29 Å². The van der Waals surface area contributed by atoms with Gasteiger partial charge in [-0.25, -0.2) is 0 Å². The predicted molar refractivity (Wildman–Crippen MR) is 79.8 cm³/mol. The van der Waals surface area contributed by atoms with E-state index in [1.54, 1.807) is 0 Å². The van der Waals surface area contributed by atoms with E-state index in [1.807, 2.05) is 0 Å². The Balaban J connectivity index is 0. The summed E-state index contributed by atoms with van der Waals surface area (Å²) in [5.74, 6) is -0.0828. The van der Waals surface area contributed by atoms with E-state index in [0.717, 1.165) is 19.3 Å². The molecule has 0 aliphatic heterocycles. The Bertz CT molecular complexity index is 268. The van der Waals surface area contributed by atoms with Gasteiger partial charge in [-0.1, -0.05) is 51.9 Å². The third-order valence-corrected chi connectivity index (χ3v) is 4.13. The summed E-state index contributed by atoms with van der Waals surface area (Å²) in [7, 11) is -3.41. The zero-order valence-electron chi connectivity index (χ0n) is 12.6. The van der Waals surface area contributed by atoms with Gasteiger partial charge in [-0.15, -0.1) is 0 Å². The molecule has 1 N–H and O–H groups in total. The molecule has 0 fully saturated rings. The van der Waals surface area contributed by atoms with Crippen molar-refractivity contribution in [2.75, 3.05) is 19.0 Å². The molecule has 6 heteroatoms. The Morgan fingerprint density at radius 1 is 0.895 bits per heavy atom. The van der Waals surface area contributed by atoms with Crippen LogP contribution in [0.25, 0.3) is 0 Å².